The normalized spacial score (nSPS) is 14.7. The fourth-order valence-electron chi connectivity index (χ4n) is 4.84. The molecule has 2 aromatic carbocycles. The average Bonchev–Trinajstić information content (AvgIpc) is 3.17. The van der Waals surface area contributed by atoms with Crippen molar-refractivity contribution in [1.82, 2.24) is 19.4 Å². The Morgan fingerprint density at radius 3 is 2.24 bits per heavy atom. The molecule has 8 nitrogen and oxygen atoms in total. The van der Waals surface area contributed by atoms with E-state index in [1.807, 2.05) is 29.2 Å². The van der Waals surface area contributed by atoms with Gasteiger partial charge < -0.3 is 15.0 Å². The number of rotatable bonds is 10. The van der Waals surface area contributed by atoms with Crippen LogP contribution in [-0.4, -0.2) is 66.0 Å². The van der Waals surface area contributed by atoms with Gasteiger partial charge in [0.05, 0.1) is 23.1 Å². The number of amides is 1. The molecule has 1 aromatic heterocycles. The van der Waals surface area contributed by atoms with Gasteiger partial charge in [0, 0.05) is 45.0 Å². The molecule has 1 amide bonds. The van der Waals surface area contributed by atoms with E-state index in [-0.39, 0.29) is 18.8 Å². The summed E-state index contributed by atoms with van der Waals surface area (Å²) in [5, 5.41) is 2.57. The monoisotopic (exact) mass is 533 g/mol. The highest BCUT2D eigenvalue weighted by Gasteiger charge is 2.31. The first-order valence-electron chi connectivity index (χ1n) is 13.0. The largest absolute Gasteiger partial charge is 0.448 e. The molecule has 0 radical (unpaired) electrons. The molecule has 206 valence electrons. The van der Waals surface area contributed by atoms with Crippen LogP contribution in [-0.2, 0) is 24.0 Å². The summed E-state index contributed by atoms with van der Waals surface area (Å²) in [7, 11) is 0. The minimum absolute atomic E-state index is 0.103. The van der Waals surface area contributed by atoms with Crippen LogP contribution >= 0.6 is 0 Å². The van der Waals surface area contributed by atoms with E-state index in [2.05, 4.69) is 10.2 Å². The number of alkyl halides is 3. The number of hydrogen-bond acceptors (Lipinski definition) is 5. The Kier molecular flexibility index (Phi) is 8.98. The number of alkyl carbamates (subject to hydrolysis) is 1. The number of benzene rings is 2. The second kappa shape index (κ2) is 12.4. The van der Waals surface area contributed by atoms with Crippen LogP contribution in [0, 0.1) is 0 Å². The first kappa shape index (κ1) is 27.6. The zero-order chi connectivity index (χ0) is 27.1. The van der Waals surface area contributed by atoms with Gasteiger partial charge in [-0.05, 0) is 56.6 Å². The zero-order valence-electron chi connectivity index (χ0n) is 21.5. The van der Waals surface area contributed by atoms with Crippen LogP contribution < -0.4 is 15.9 Å². The molecular formula is C27H34F3N5O3. The van der Waals surface area contributed by atoms with E-state index in [1.165, 1.54) is 12.1 Å². The number of nitrogens with zero attached hydrogens (tertiary/aromatic N) is 4. The third kappa shape index (κ3) is 6.69. The van der Waals surface area contributed by atoms with Gasteiger partial charge in [0.25, 0.3) is 0 Å². The summed E-state index contributed by atoms with van der Waals surface area (Å²) >= 11 is 0. The van der Waals surface area contributed by atoms with Crippen LogP contribution in [0.4, 0.5) is 23.7 Å². The fraction of sp³-hybridized carbons (Fsp3) is 0.481. The van der Waals surface area contributed by atoms with E-state index < -0.39 is 17.8 Å². The molecule has 1 N–H and O–H groups in total. The highest BCUT2D eigenvalue weighted by atomic mass is 19.4. The molecule has 0 spiro atoms. The predicted octanol–water partition coefficient (Wildman–Crippen LogP) is 4.17. The van der Waals surface area contributed by atoms with E-state index in [9.17, 15) is 22.8 Å². The molecule has 1 aliphatic rings. The van der Waals surface area contributed by atoms with E-state index in [4.69, 9.17) is 4.74 Å². The molecule has 0 atom stereocenters. The van der Waals surface area contributed by atoms with Crippen LogP contribution in [0.15, 0.2) is 53.3 Å². The maximum absolute atomic E-state index is 13.1. The number of hydrogen-bond donors (Lipinski definition) is 1. The minimum Gasteiger partial charge on any atom is -0.448 e. The van der Waals surface area contributed by atoms with Crippen molar-refractivity contribution in [2.24, 2.45) is 0 Å². The van der Waals surface area contributed by atoms with Crippen molar-refractivity contribution in [2.75, 3.05) is 50.8 Å². The van der Waals surface area contributed by atoms with Crippen molar-refractivity contribution in [3.63, 3.8) is 0 Å². The summed E-state index contributed by atoms with van der Waals surface area (Å²) < 4.78 is 47.7. The Morgan fingerprint density at radius 2 is 1.58 bits per heavy atom. The van der Waals surface area contributed by atoms with Crippen molar-refractivity contribution in [3.8, 4) is 0 Å². The maximum Gasteiger partial charge on any atom is 0.416 e. The number of nitrogens with one attached hydrogen (secondary N) is 1. The smallest absolute Gasteiger partial charge is 0.416 e. The van der Waals surface area contributed by atoms with Crippen molar-refractivity contribution in [3.05, 3.63) is 64.6 Å². The minimum atomic E-state index is -4.34. The Bertz CT molecular complexity index is 1280. The number of carbonyl (C=O) groups excluding carboxylic acids is 1. The number of unbranched alkanes of at least 4 members (excludes halogenated alkanes) is 1. The Morgan fingerprint density at radius 1 is 0.921 bits per heavy atom. The molecule has 4 rings (SSSR count). The Labute approximate surface area is 219 Å². The van der Waals surface area contributed by atoms with E-state index >= 15 is 0 Å². The molecule has 1 fully saturated rings. The van der Waals surface area contributed by atoms with Gasteiger partial charge in [-0.1, -0.05) is 18.2 Å². The van der Waals surface area contributed by atoms with Crippen LogP contribution in [0.25, 0.3) is 11.0 Å². The van der Waals surface area contributed by atoms with Gasteiger partial charge in [-0.2, -0.15) is 13.2 Å². The van der Waals surface area contributed by atoms with Gasteiger partial charge >= 0.3 is 18.0 Å². The summed E-state index contributed by atoms with van der Waals surface area (Å²) in [6.45, 7) is 7.01. The lowest BCUT2D eigenvalue weighted by Gasteiger charge is -2.36. The highest BCUT2D eigenvalue weighted by molar-refractivity contribution is 5.76. The van der Waals surface area contributed by atoms with E-state index in [0.717, 1.165) is 49.6 Å². The molecule has 1 aliphatic heterocycles. The SMILES string of the molecule is CCNC(=O)OCCn1c(=O)n(CCCCN2CCN(c3cccc(C(F)(F)F)c3)CC2)c2ccccc21. The maximum atomic E-state index is 13.1. The molecule has 0 saturated carbocycles. The number of fused-ring (bicyclic) bond motifs is 1. The molecule has 1 saturated heterocycles. The second-order valence-corrected chi connectivity index (χ2v) is 9.32. The van der Waals surface area contributed by atoms with Crippen molar-refractivity contribution >= 4 is 22.8 Å². The number of imidazole rings is 1. The van der Waals surface area contributed by atoms with Crippen molar-refractivity contribution in [1.29, 1.82) is 0 Å². The number of ether oxygens (including phenoxy) is 1. The zero-order valence-corrected chi connectivity index (χ0v) is 21.5. The predicted molar refractivity (Wildman–Crippen MR) is 141 cm³/mol. The molecule has 0 aliphatic carbocycles. The number of carbonyl (C=O) groups is 1. The van der Waals surface area contributed by atoms with Gasteiger partial charge in [0.15, 0.2) is 0 Å². The Hall–Kier alpha value is -3.47. The summed E-state index contributed by atoms with van der Waals surface area (Å²) in [4.78, 5) is 29.0. The summed E-state index contributed by atoms with van der Waals surface area (Å²) in [6.07, 6.45) is -3.13. The third-order valence-corrected chi connectivity index (χ3v) is 6.81. The number of aryl methyl sites for hydroxylation is 1. The highest BCUT2D eigenvalue weighted by Crippen LogP contribution is 2.31. The quantitative estimate of drug-likeness (QED) is 0.396. The average molecular weight is 534 g/mol. The number of anilines is 1. The fourth-order valence-corrected chi connectivity index (χ4v) is 4.84. The van der Waals surface area contributed by atoms with E-state index in [0.29, 0.717) is 31.9 Å². The number of para-hydroxylation sites is 2. The van der Waals surface area contributed by atoms with Crippen molar-refractivity contribution < 1.29 is 22.7 Å². The molecule has 11 heteroatoms. The molecular weight excluding hydrogens is 499 g/mol. The topological polar surface area (TPSA) is 71.7 Å². The summed E-state index contributed by atoms with van der Waals surface area (Å²) in [5.41, 5.74) is 1.52. The lowest BCUT2D eigenvalue weighted by Crippen LogP contribution is -2.46. The van der Waals surface area contributed by atoms with Crippen LogP contribution in [0.2, 0.25) is 0 Å². The van der Waals surface area contributed by atoms with Gasteiger partial charge in [-0.15, -0.1) is 0 Å². The molecule has 2 heterocycles. The van der Waals surface area contributed by atoms with Crippen LogP contribution in [0.5, 0.6) is 0 Å². The van der Waals surface area contributed by atoms with Gasteiger partial charge in [-0.3, -0.25) is 14.0 Å². The summed E-state index contributed by atoms with van der Waals surface area (Å²) in [6, 6.07) is 13.1. The Balaban J connectivity index is 1.27. The number of aromatic nitrogens is 2. The molecule has 38 heavy (non-hydrogen) atoms. The van der Waals surface area contributed by atoms with E-state index in [1.54, 1.807) is 22.1 Å². The third-order valence-electron chi connectivity index (χ3n) is 6.81. The lowest BCUT2D eigenvalue weighted by atomic mass is 10.1. The lowest BCUT2D eigenvalue weighted by molar-refractivity contribution is -0.137. The van der Waals surface area contributed by atoms with Gasteiger partial charge in [0.2, 0.25) is 0 Å². The number of piperazine rings is 1. The molecule has 0 bridgehead atoms. The standard InChI is InChI=1S/C27H34F3N5O3/c1-2-31-25(36)38-19-18-35-24-11-4-3-10-23(24)34(26(35)37)13-6-5-12-32-14-16-33(17-15-32)22-9-7-8-21(20-22)27(28,29)30/h3-4,7-11,20H,2,5-6,12-19H2,1H3,(H,31,36). The first-order valence-corrected chi connectivity index (χ1v) is 13.0. The summed E-state index contributed by atoms with van der Waals surface area (Å²) in [5.74, 6) is 0. The molecule has 3 aromatic rings. The second-order valence-electron chi connectivity index (χ2n) is 9.32. The molecule has 0 unspecified atom stereocenters. The van der Waals surface area contributed by atoms with Gasteiger partial charge in [-0.25, -0.2) is 9.59 Å². The first-order chi connectivity index (χ1) is 18.3. The van der Waals surface area contributed by atoms with Crippen LogP contribution in [0.3, 0.4) is 0 Å². The number of halogens is 3. The van der Waals surface area contributed by atoms with Crippen molar-refractivity contribution in [2.45, 2.75) is 39.0 Å². The van der Waals surface area contributed by atoms with Gasteiger partial charge in [0.1, 0.15) is 6.61 Å². The van der Waals surface area contributed by atoms with Crippen LogP contribution in [0.1, 0.15) is 25.3 Å².